The van der Waals surface area contributed by atoms with Crippen LogP contribution in [-0.2, 0) is 25.6 Å². The number of carbonyl (C=O) groups is 4. The van der Waals surface area contributed by atoms with Gasteiger partial charge < -0.3 is 49.0 Å². The van der Waals surface area contributed by atoms with Crippen LogP contribution in [0, 0.1) is 5.92 Å². The first-order chi connectivity index (χ1) is 20.5. The maximum atomic E-state index is 13.6. The van der Waals surface area contributed by atoms with E-state index in [0.29, 0.717) is 38.6 Å². The Bertz CT molecular complexity index is 1240. The van der Waals surface area contributed by atoms with Crippen LogP contribution < -0.4 is 38.9 Å². The van der Waals surface area contributed by atoms with Crippen molar-refractivity contribution in [3.05, 3.63) is 36.0 Å². The third-order valence-corrected chi connectivity index (χ3v) is 7.39. The second kappa shape index (κ2) is 17.7. The number of aromatic nitrogens is 1. The molecule has 43 heavy (non-hydrogen) atoms. The Morgan fingerprint density at radius 3 is 2.28 bits per heavy atom. The lowest BCUT2D eigenvalue weighted by molar-refractivity contribution is -0.143. The summed E-state index contributed by atoms with van der Waals surface area (Å²) in [6.07, 6.45) is 4.61. The van der Waals surface area contributed by atoms with Crippen molar-refractivity contribution in [2.75, 3.05) is 13.1 Å². The van der Waals surface area contributed by atoms with Crippen molar-refractivity contribution in [3.8, 4) is 0 Å². The molecule has 0 saturated heterocycles. The van der Waals surface area contributed by atoms with Gasteiger partial charge in [0.15, 0.2) is 5.96 Å². The maximum absolute atomic E-state index is 13.6. The Labute approximate surface area is 251 Å². The number of hydrogen-bond donors (Lipinski definition) is 9. The van der Waals surface area contributed by atoms with Crippen molar-refractivity contribution in [1.29, 1.82) is 0 Å². The van der Waals surface area contributed by atoms with Crippen LogP contribution in [0.25, 0.3) is 10.9 Å². The van der Waals surface area contributed by atoms with E-state index in [2.05, 4.69) is 25.9 Å². The zero-order valence-electron chi connectivity index (χ0n) is 25.0. The highest BCUT2D eigenvalue weighted by atomic mass is 16.4. The normalized spacial score (nSPS) is 14.6. The minimum atomic E-state index is -1.17. The fourth-order valence-electron chi connectivity index (χ4n) is 4.63. The second-order valence-electron chi connectivity index (χ2n) is 10.7. The summed E-state index contributed by atoms with van der Waals surface area (Å²) in [5.74, 6) is -3.42. The first-order valence-corrected chi connectivity index (χ1v) is 14.7. The molecule has 13 N–H and O–H groups in total. The third-order valence-electron chi connectivity index (χ3n) is 7.39. The fourth-order valence-corrected chi connectivity index (χ4v) is 4.63. The molecule has 1 aromatic heterocycles. The van der Waals surface area contributed by atoms with Gasteiger partial charge in [-0.15, -0.1) is 0 Å². The van der Waals surface area contributed by atoms with Gasteiger partial charge in [0.25, 0.3) is 0 Å². The number of aliphatic carboxylic acids is 1. The van der Waals surface area contributed by atoms with Gasteiger partial charge in [-0.2, -0.15) is 0 Å². The number of carboxylic acids is 1. The van der Waals surface area contributed by atoms with Gasteiger partial charge in [-0.05, 0) is 49.8 Å². The molecule has 2 rings (SSSR count). The monoisotopic (exact) mass is 601 g/mol. The Kier molecular flexibility index (Phi) is 14.4. The first kappa shape index (κ1) is 35.0. The Morgan fingerprint density at radius 1 is 0.953 bits per heavy atom. The van der Waals surface area contributed by atoms with Crippen LogP contribution in [0.15, 0.2) is 35.5 Å². The lowest BCUT2D eigenvalue weighted by atomic mass is 9.97. The highest BCUT2D eigenvalue weighted by molar-refractivity contribution is 5.95. The van der Waals surface area contributed by atoms with E-state index in [4.69, 9.17) is 22.9 Å². The minimum Gasteiger partial charge on any atom is -0.480 e. The number of fused-ring (bicyclic) bond motifs is 1. The number of carboxylic acid groups (broad SMARTS) is 1. The number of benzene rings is 1. The molecular weight excluding hydrogens is 554 g/mol. The molecule has 1 aromatic carbocycles. The molecular formula is C29H47N9O5. The van der Waals surface area contributed by atoms with Crippen LogP contribution in [0.1, 0.15) is 57.9 Å². The average molecular weight is 602 g/mol. The van der Waals surface area contributed by atoms with E-state index in [0.717, 1.165) is 16.5 Å². The fraction of sp³-hybridized carbons (Fsp3) is 0.552. The van der Waals surface area contributed by atoms with E-state index in [1.807, 2.05) is 31.2 Å². The molecule has 2 aromatic rings. The van der Waals surface area contributed by atoms with Gasteiger partial charge in [-0.25, -0.2) is 4.79 Å². The number of hydrogen-bond acceptors (Lipinski definition) is 7. The van der Waals surface area contributed by atoms with Crippen molar-refractivity contribution in [3.63, 3.8) is 0 Å². The van der Waals surface area contributed by atoms with Crippen molar-refractivity contribution in [2.45, 2.75) is 83.0 Å². The Balaban J connectivity index is 2.32. The van der Waals surface area contributed by atoms with Gasteiger partial charge in [0, 0.05) is 30.1 Å². The van der Waals surface area contributed by atoms with E-state index in [9.17, 15) is 24.3 Å². The molecule has 0 fully saturated rings. The van der Waals surface area contributed by atoms with E-state index in [-0.39, 0.29) is 31.3 Å². The van der Waals surface area contributed by atoms with Crippen LogP contribution in [-0.4, -0.2) is 77.0 Å². The molecule has 14 heteroatoms. The summed E-state index contributed by atoms with van der Waals surface area (Å²) in [7, 11) is 0. The summed E-state index contributed by atoms with van der Waals surface area (Å²) in [6.45, 7) is 4.25. The topological polar surface area (TPSA) is 257 Å². The number of nitrogens with two attached hydrogens (primary N) is 4. The number of carbonyl (C=O) groups excluding carboxylic acids is 3. The van der Waals surface area contributed by atoms with Crippen LogP contribution >= 0.6 is 0 Å². The van der Waals surface area contributed by atoms with E-state index in [1.165, 1.54) is 0 Å². The number of guanidine groups is 1. The van der Waals surface area contributed by atoms with Gasteiger partial charge in [-0.3, -0.25) is 19.4 Å². The van der Waals surface area contributed by atoms with Crippen molar-refractivity contribution >= 4 is 40.6 Å². The number of aromatic amines is 1. The number of amides is 3. The Morgan fingerprint density at radius 2 is 1.63 bits per heavy atom. The number of aliphatic imine (C=N–C) groups is 1. The number of unbranched alkanes of at least 4 members (excludes halogenated alkanes) is 1. The third kappa shape index (κ3) is 11.2. The predicted octanol–water partition coefficient (Wildman–Crippen LogP) is -0.195. The minimum absolute atomic E-state index is 0.0711. The summed E-state index contributed by atoms with van der Waals surface area (Å²) in [6, 6.07) is 3.30. The summed E-state index contributed by atoms with van der Waals surface area (Å²) in [5, 5.41) is 18.7. The van der Waals surface area contributed by atoms with E-state index >= 15 is 0 Å². The van der Waals surface area contributed by atoms with E-state index < -0.39 is 47.9 Å². The molecule has 0 aliphatic heterocycles. The molecule has 0 bridgehead atoms. The van der Waals surface area contributed by atoms with Gasteiger partial charge in [0.1, 0.15) is 18.1 Å². The quantitative estimate of drug-likeness (QED) is 0.0586. The number of nitrogens with zero attached hydrogens (tertiary/aromatic N) is 1. The number of nitrogens with one attached hydrogen (secondary N) is 4. The molecule has 14 nitrogen and oxygen atoms in total. The first-order valence-electron chi connectivity index (χ1n) is 14.7. The summed E-state index contributed by atoms with van der Waals surface area (Å²) in [5.41, 5.74) is 24.0. The highest BCUT2D eigenvalue weighted by Crippen LogP contribution is 2.20. The van der Waals surface area contributed by atoms with Crippen molar-refractivity contribution in [2.24, 2.45) is 33.8 Å². The number of para-hydroxylation sites is 1. The van der Waals surface area contributed by atoms with Gasteiger partial charge in [0.2, 0.25) is 17.7 Å². The SMILES string of the molecule is CCC(C)C(NC(=O)C(Cc1c[nH]c2ccccc12)NC(=O)C(CCCN=C(N)N)NC(=O)C(N)CCCCN)C(=O)O. The molecule has 238 valence electrons. The lowest BCUT2D eigenvalue weighted by Gasteiger charge is -2.26. The predicted molar refractivity (Wildman–Crippen MR) is 166 cm³/mol. The lowest BCUT2D eigenvalue weighted by Crippen LogP contribution is -2.58. The molecule has 0 aliphatic rings. The largest absolute Gasteiger partial charge is 0.480 e. The number of rotatable bonds is 19. The molecule has 5 atom stereocenters. The van der Waals surface area contributed by atoms with E-state index in [1.54, 1.807) is 13.1 Å². The highest BCUT2D eigenvalue weighted by Gasteiger charge is 2.32. The standard InChI is InChI=1S/C29H47N9O5/c1-3-17(2)24(28(42)43)38-27(41)23(15-18-16-35-21-11-5-4-9-19(18)21)37-26(40)22(12-8-14-34-29(32)33)36-25(39)20(31)10-6-7-13-30/h4-5,9,11,16-17,20,22-24,35H,3,6-8,10,12-15,30-31H2,1-2H3,(H,36,39)(H,37,40)(H,38,41)(H,42,43)(H4,32,33,34). The molecule has 3 amide bonds. The van der Waals surface area contributed by atoms with Crippen LogP contribution in [0.4, 0.5) is 0 Å². The van der Waals surface area contributed by atoms with Crippen LogP contribution in [0.5, 0.6) is 0 Å². The molecule has 5 unspecified atom stereocenters. The van der Waals surface area contributed by atoms with Crippen molar-refractivity contribution < 1.29 is 24.3 Å². The zero-order chi connectivity index (χ0) is 31.9. The molecule has 0 saturated carbocycles. The smallest absolute Gasteiger partial charge is 0.326 e. The summed E-state index contributed by atoms with van der Waals surface area (Å²) >= 11 is 0. The molecule has 0 aliphatic carbocycles. The van der Waals surface area contributed by atoms with Gasteiger partial charge in [0.05, 0.1) is 6.04 Å². The average Bonchev–Trinajstić information content (AvgIpc) is 3.38. The van der Waals surface area contributed by atoms with Crippen molar-refractivity contribution in [1.82, 2.24) is 20.9 Å². The zero-order valence-corrected chi connectivity index (χ0v) is 25.0. The van der Waals surface area contributed by atoms with Crippen LogP contribution in [0.2, 0.25) is 0 Å². The molecule has 1 heterocycles. The van der Waals surface area contributed by atoms with Crippen LogP contribution in [0.3, 0.4) is 0 Å². The second-order valence-corrected chi connectivity index (χ2v) is 10.7. The molecule has 0 radical (unpaired) electrons. The Hall–Kier alpha value is -4.17. The summed E-state index contributed by atoms with van der Waals surface area (Å²) in [4.78, 5) is 59.1. The molecule has 0 spiro atoms. The van der Waals surface area contributed by atoms with Gasteiger partial charge in [-0.1, -0.05) is 44.9 Å². The summed E-state index contributed by atoms with van der Waals surface area (Å²) < 4.78 is 0. The van der Waals surface area contributed by atoms with Gasteiger partial charge >= 0.3 is 5.97 Å². The maximum Gasteiger partial charge on any atom is 0.326 e. The number of H-pyrrole nitrogens is 1.